The van der Waals surface area contributed by atoms with E-state index in [0.717, 1.165) is 11.6 Å². The third-order valence-electron chi connectivity index (χ3n) is 4.43. The minimum absolute atomic E-state index is 0.233. The highest BCUT2D eigenvalue weighted by atomic mass is 19.4. The molecule has 0 aliphatic rings. The molecule has 0 bridgehead atoms. The highest BCUT2D eigenvalue weighted by Gasteiger charge is 2.33. The van der Waals surface area contributed by atoms with Gasteiger partial charge in [-0.3, -0.25) is 4.79 Å². The van der Waals surface area contributed by atoms with Crippen LogP contribution < -0.4 is 4.74 Å². The molecule has 0 radical (unpaired) electrons. The van der Waals surface area contributed by atoms with Gasteiger partial charge in [0.15, 0.2) is 0 Å². The maximum atomic E-state index is 12.9. The lowest BCUT2D eigenvalue weighted by atomic mass is 10.1. The van der Waals surface area contributed by atoms with E-state index >= 15 is 0 Å². The summed E-state index contributed by atoms with van der Waals surface area (Å²) >= 11 is 0. The van der Waals surface area contributed by atoms with Gasteiger partial charge in [-0.25, -0.2) is 4.98 Å². The Balaban J connectivity index is 1.65. The maximum absolute atomic E-state index is 12.9. The number of hydrogen-bond acceptors (Lipinski definition) is 3. The number of nitrogens with one attached hydrogen (secondary N) is 1. The number of H-pyrrole nitrogens is 1. The number of benzene rings is 2. The highest BCUT2D eigenvalue weighted by Crippen LogP contribution is 2.30. The van der Waals surface area contributed by atoms with E-state index in [1.54, 1.807) is 18.2 Å². The van der Waals surface area contributed by atoms with Gasteiger partial charge in [-0.2, -0.15) is 13.2 Å². The van der Waals surface area contributed by atoms with Crippen LogP contribution in [0.2, 0.25) is 0 Å². The first-order valence-electron chi connectivity index (χ1n) is 8.79. The van der Waals surface area contributed by atoms with E-state index in [1.165, 1.54) is 18.3 Å². The lowest BCUT2D eigenvalue weighted by Gasteiger charge is -2.08. The average Bonchev–Trinajstić information content (AvgIpc) is 3.16. The predicted molar refractivity (Wildman–Crippen MR) is 102 cm³/mol. The molecular formula is C22H15F3N2O2. The van der Waals surface area contributed by atoms with Gasteiger partial charge in [-0.15, -0.1) is 0 Å². The second kappa shape index (κ2) is 7.43. The Hall–Kier alpha value is -3.61. The summed E-state index contributed by atoms with van der Waals surface area (Å²) in [7, 11) is 0. The predicted octanol–water partition coefficient (Wildman–Crippen LogP) is 5.39. The van der Waals surface area contributed by atoms with E-state index in [0.29, 0.717) is 23.3 Å². The quantitative estimate of drug-likeness (QED) is 0.460. The van der Waals surface area contributed by atoms with Gasteiger partial charge < -0.3 is 9.72 Å². The number of ether oxygens (including phenoxy) is 1. The highest BCUT2D eigenvalue weighted by molar-refractivity contribution is 6.16. The molecule has 7 heteroatoms. The molecule has 0 amide bonds. The number of aromatic nitrogens is 2. The van der Waals surface area contributed by atoms with Gasteiger partial charge in [0, 0.05) is 17.1 Å². The number of aromatic amines is 1. The van der Waals surface area contributed by atoms with E-state index in [-0.39, 0.29) is 11.3 Å². The number of fused-ring (bicyclic) bond motifs is 1. The van der Waals surface area contributed by atoms with Gasteiger partial charge in [-0.05, 0) is 23.8 Å². The summed E-state index contributed by atoms with van der Waals surface area (Å²) in [5, 5.41) is 0.555. The van der Waals surface area contributed by atoms with Crippen molar-refractivity contribution in [3.05, 3.63) is 95.4 Å². The number of nitrogens with zero attached hydrogens (tertiary/aromatic N) is 1. The third kappa shape index (κ3) is 3.85. The number of rotatable bonds is 5. The fraction of sp³-hybridized carbons (Fsp3) is 0.0909. The van der Waals surface area contributed by atoms with Crippen molar-refractivity contribution in [1.29, 1.82) is 0 Å². The number of halogens is 3. The lowest BCUT2D eigenvalue weighted by Crippen LogP contribution is -2.12. The molecule has 0 saturated heterocycles. The van der Waals surface area contributed by atoms with Crippen LogP contribution in [-0.2, 0) is 12.8 Å². The topological polar surface area (TPSA) is 55.0 Å². The number of carbonyl (C=O) groups is 1. The molecule has 0 atom stereocenters. The largest absolute Gasteiger partial charge is 0.487 e. The average molecular weight is 396 g/mol. The molecule has 0 spiro atoms. The number of pyridine rings is 1. The van der Waals surface area contributed by atoms with Crippen LogP contribution in [0.4, 0.5) is 13.2 Å². The van der Waals surface area contributed by atoms with Gasteiger partial charge >= 0.3 is 6.18 Å². The van der Waals surface area contributed by atoms with Crippen LogP contribution >= 0.6 is 0 Å². The number of carbonyl (C=O) groups excluding carboxylic acids is 1. The second-order valence-corrected chi connectivity index (χ2v) is 6.39. The molecular weight excluding hydrogens is 381 g/mol. The van der Waals surface area contributed by atoms with E-state index in [4.69, 9.17) is 4.74 Å². The number of hydrogen-bond donors (Lipinski definition) is 1. The Bertz CT molecular complexity index is 1170. The van der Waals surface area contributed by atoms with Crippen LogP contribution in [-0.4, -0.2) is 15.8 Å². The molecule has 4 aromatic rings. The summed E-state index contributed by atoms with van der Waals surface area (Å²) in [6.07, 6.45) is -3.15. The summed E-state index contributed by atoms with van der Waals surface area (Å²) in [6, 6.07) is 18.1. The Labute approximate surface area is 164 Å². The smallest absolute Gasteiger partial charge is 0.433 e. The summed E-state index contributed by atoms with van der Waals surface area (Å²) in [5.74, 6) is -0.0510. The summed E-state index contributed by atoms with van der Waals surface area (Å²) in [6.45, 7) is 0.345. The zero-order valence-corrected chi connectivity index (χ0v) is 15.0. The molecule has 146 valence electrons. The molecule has 2 aromatic heterocycles. The number of ketones is 1. The van der Waals surface area contributed by atoms with Gasteiger partial charge in [0.05, 0.1) is 5.52 Å². The summed E-state index contributed by atoms with van der Waals surface area (Å²) in [5.41, 5.74) is 0.447. The van der Waals surface area contributed by atoms with Crippen molar-refractivity contribution < 1.29 is 22.7 Å². The fourth-order valence-electron chi connectivity index (χ4n) is 3.03. The van der Waals surface area contributed by atoms with Crippen molar-refractivity contribution >= 4 is 16.7 Å². The van der Waals surface area contributed by atoms with Crippen LogP contribution in [0.15, 0.2) is 72.9 Å². The van der Waals surface area contributed by atoms with Crippen LogP contribution in [0.3, 0.4) is 0 Å². The van der Waals surface area contributed by atoms with Crippen molar-refractivity contribution in [3.8, 4) is 5.75 Å². The van der Waals surface area contributed by atoms with Crippen LogP contribution in [0.1, 0.15) is 27.3 Å². The van der Waals surface area contributed by atoms with E-state index in [9.17, 15) is 18.0 Å². The molecule has 4 nitrogen and oxygen atoms in total. The Morgan fingerprint density at radius 2 is 1.72 bits per heavy atom. The summed E-state index contributed by atoms with van der Waals surface area (Å²) in [4.78, 5) is 19.3. The monoisotopic (exact) mass is 396 g/mol. The molecule has 2 heterocycles. The van der Waals surface area contributed by atoms with Crippen LogP contribution in [0.25, 0.3) is 10.9 Å². The lowest BCUT2D eigenvalue weighted by molar-refractivity contribution is -0.141. The van der Waals surface area contributed by atoms with Crippen LogP contribution in [0, 0.1) is 0 Å². The van der Waals surface area contributed by atoms with Crippen molar-refractivity contribution in [2.75, 3.05) is 0 Å². The van der Waals surface area contributed by atoms with Gasteiger partial charge in [0.25, 0.3) is 0 Å². The van der Waals surface area contributed by atoms with Crippen molar-refractivity contribution in [1.82, 2.24) is 9.97 Å². The molecule has 4 rings (SSSR count). The van der Waals surface area contributed by atoms with E-state index < -0.39 is 17.7 Å². The minimum atomic E-state index is -4.62. The third-order valence-corrected chi connectivity index (χ3v) is 4.43. The zero-order valence-electron chi connectivity index (χ0n) is 15.0. The summed E-state index contributed by atoms with van der Waals surface area (Å²) < 4.78 is 44.6. The Morgan fingerprint density at radius 3 is 2.48 bits per heavy atom. The van der Waals surface area contributed by atoms with E-state index in [2.05, 4.69) is 9.97 Å². The molecule has 0 unspecified atom stereocenters. The van der Waals surface area contributed by atoms with Crippen molar-refractivity contribution in [3.63, 3.8) is 0 Å². The molecule has 0 fully saturated rings. The van der Waals surface area contributed by atoms with Crippen LogP contribution in [0.5, 0.6) is 5.75 Å². The maximum Gasteiger partial charge on any atom is 0.433 e. The van der Waals surface area contributed by atoms with Gasteiger partial charge in [0.1, 0.15) is 23.7 Å². The normalized spacial score (nSPS) is 11.6. The zero-order chi connectivity index (χ0) is 20.4. The molecule has 0 saturated carbocycles. The van der Waals surface area contributed by atoms with Crippen molar-refractivity contribution in [2.24, 2.45) is 0 Å². The molecule has 1 N–H and O–H groups in total. The Kier molecular flexibility index (Phi) is 4.80. The SMILES string of the molecule is O=C(c1cccc(C(F)(F)F)n1)c1c[nH]c2c(OCc3ccccc3)cccc12. The number of para-hydroxylation sites is 1. The molecule has 0 aliphatic heterocycles. The second-order valence-electron chi connectivity index (χ2n) is 6.39. The first-order chi connectivity index (χ1) is 13.9. The van der Waals surface area contributed by atoms with Crippen molar-refractivity contribution in [2.45, 2.75) is 12.8 Å². The van der Waals surface area contributed by atoms with Gasteiger partial charge in [0.2, 0.25) is 5.78 Å². The first kappa shape index (κ1) is 18.7. The number of alkyl halides is 3. The van der Waals surface area contributed by atoms with Gasteiger partial charge in [-0.1, -0.05) is 48.5 Å². The Morgan fingerprint density at radius 1 is 0.966 bits per heavy atom. The standard InChI is InChI=1S/C22H15F3N2O2/c23-22(24,25)19-11-5-9-17(27-19)21(28)16-12-26-20-15(16)8-4-10-18(20)29-13-14-6-2-1-3-7-14/h1-12,26H,13H2. The molecule has 0 aliphatic carbocycles. The van der Waals surface area contributed by atoms with E-state index in [1.807, 2.05) is 30.3 Å². The fourth-order valence-corrected chi connectivity index (χ4v) is 3.03. The molecule has 29 heavy (non-hydrogen) atoms. The molecule has 2 aromatic carbocycles. The first-order valence-corrected chi connectivity index (χ1v) is 8.79. The minimum Gasteiger partial charge on any atom is -0.487 e.